The van der Waals surface area contributed by atoms with Gasteiger partial charge in [0, 0.05) is 51.0 Å². The zero-order valence-electron chi connectivity index (χ0n) is 57.3. The Morgan fingerprint density at radius 1 is 0.374 bits per heavy atom. The van der Waals surface area contributed by atoms with Crippen LogP contribution in [0.3, 0.4) is 0 Å². The second kappa shape index (κ2) is 66.2. The fourth-order valence-electron chi connectivity index (χ4n) is 9.66. The first-order valence-corrected chi connectivity index (χ1v) is 35.7. The lowest BCUT2D eigenvalue weighted by molar-refractivity contribution is -0.138. The predicted molar refractivity (Wildman–Crippen MR) is 357 cm³/mol. The molecule has 2 rings (SSSR count). The standard InChI is InChI=1S/C70H127N5O16/c1-4-7-9-11-13-15-17-19-21-23-25-27-29-31-66(76)71-37-41-79-45-49-83-53-55-85-51-47-81-43-39-75(69(78)63-89-60-59-87-57-58-88-61-62-90-65-35-33-64(34-36-65)70-74-73-68(6-3)91-70)40-44-82-48-52-86-56-54-84-50-46-80-42-38-72-67(77)32-30-28-26-24-22-20-18-16-14-12-10-8-5-2/h33-36H,4-32,37-63H2,1-3H3,(H,71,76)(H,72,77). The maximum Gasteiger partial charge on any atom is 0.248 e. The van der Waals surface area contributed by atoms with Crippen molar-refractivity contribution in [3.05, 3.63) is 30.2 Å². The molecule has 0 fully saturated rings. The van der Waals surface area contributed by atoms with E-state index in [9.17, 15) is 14.4 Å². The highest BCUT2D eigenvalue weighted by atomic mass is 16.6. The first kappa shape index (κ1) is 83.2. The highest BCUT2D eigenvalue weighted by Gasteiger charge is 2.14. The number of unbranched alkanes of at least 4 members (excludes halogenated alkanes) is 24. The van der Waals surface area contributed by atoms with E-state index in [4.69, 9.17) is 61.3 Å². The highest BCUT2D eigenvalue weighted by molar-refractivity contribution is 5.77. The Hall–Kier alpha value is -3.87. The molecule has 21 nitrogen and oxygen atoms in total. The van der Waals surface area contributed by atoms with Crippen LogP contribution >= 0.6 is 0 Å². The molecule has 1 aromatic heterocycles. The van der Waals surface area contributed by atoms with Gasteiger partial charge in [0.25, 0.3) is 0 Å². The molecule has 0 unspecified atom stereocenters. The van der Waals surface area contributed by atoms with Crippen LogP contribution in [0.25, 0.3) is 11.5 Å². The molecule has 0 bridgehead atoms. The number of carbonyl (C=O) groups is 3. The number of carbonyl (C=O) groups excluding carboxylic acids is 3. The molecule has 0 saturated heterocycles. The maximum absolute atomic E-state index is 13.3. The van der Waals surface area contributed by atoms with Crippen LogP contribution in [0.2, 0.25) is 0 Å². The third-order valence-corrected chi connectivity index (χ3v) is 15.1. The van der Waals surface area contributed by atoms with E-state index < -0.39 is 0 Å². The van der Waals surface area contributed by atoms with E-state index >= 15 is 0 Å². The molecule has 2 N–H and O–H groups in total. The van der Waals surface area contributed by atoms with Gasteiger partial charge in [-0.3, -0.25) is 14.4 Å². The minimum absolute atomic E-state index is 0.0924. The number of ether oxygens (including phenoxy) is 12. The summed E-state index contributed by atoms with van der Waals surface area (Å²) in [4.78, 5) is 39.3. The molecule has 91 heavy (non-hydrogen) atoms. The summed E-state index contributed by atoms with van der Waals surface area (Å²) >= 11 is 0. The average Bonchev–Trinajstić information content (AvgIpc) is 4.13. The van der Waals surface area contributed by atoms with Gasteiger partial charge in [-0.2, -0.15) is 0 Å². The number of amides is 3. The van der Waals surface area contributed by atoms with Crippen LogP contribution in [0.4, 0.5) is 0 Å². The highest BCUT2D eigenvalue weighted by Crippen LogP contribution is 2.22. The number of aryl methyl sites for hydroxylation is 1. The lowest BCUT2D eigenvalue weighted by atomic mass is 10.0. The van der Waals surface area contributed by atoms with Crippen molar-refractivity contribution in [1.29, 1.82) is 0 Å². The Morgan fingerprint density at radius 3 is 1.04 bits per heavy atom. The number of benzene rings is 1. The lowest BCUT2D eigenvalue weighted by Gasteiger charge is -2.23. The number of nitrogens with one attached hydrogen (secondary N) is 2. The van der Waals surface area contributed by atoms with Crippen molar-refractivity contribution in [3.8, 4) is 17.2 Å². The fourth-order valence-corrected chi connectivity index (χ4v) is 9.66. The molecule has 0 saturated carbocycles. The lowest BCUT2D eigenvalue weighted by Crippen LogP contribution is -2.39. The van der Waals surface area contributed by atoms with Crippen LogP contribution in [0.15, 0.2) is 28.7 Å². The molecular formula is C70H127N5O16. The largest absolute Gasteiger partial charge is 0.491 e. The van der Waals surface area contributed by atoms with E-state index in [1.807, 2.05) is 31.2 Å². The average molecular weight is 1290 g/mol. The summed E-state index contributed by atoms with van der Waals surface area (Å²) in [6, 6.07) is 7.46. The summed E-state index contributed by atoms with van der Waals surface area (Å²) in [6.07, 6.45) is 35.4. The van der Waals surface area contributed by atoms with Crippen LogP contribution in [0.5, 0.6) is 5.75 Å². The minimum Gasteiger partial charge on any atom is -0.491 e. The van der Waals surface area contributed by atoms with Gasteiger partial charge in [0.1, 0.15) is 19.0 Å². The molecule has 21 heteroatoms. The first-order valence-electron chi connectivity index (χ1n) is 35.7. The maximum atomic E-state index is 13.3. The van der Waals surface area contributed by atoms with Crippen LogP contribution < -0.4 is 15.4 Å². The van der Waals surface area contributed by atoms with E-state index in [0.717, 1.165) is 31.2 Å². The molecule has 0 spiro atoms. The van der Waals surface area contributed by atoms with E-state index in [0.29, 0.717) is 202 Å². The van der Waals surface area contributed by atoms with Gasteiger partial charge in [-0.15, -0.1) is 10.2 Å². The summed E-state index contributed by atoms with van der Waals surface area (Å²) in [5, 5.41) is 14.0. The predicted octanol–water partition coefficient (Wildman–Crippen LogP) is 11.9. The fraction of sp³-hybridized carbons (Fsp3) is 0.843. The van der Waals surface area contributed by atoms with E-state index in [2.05, 4.69) is 34.7 Å². The molecule has 2 aromatic rings. The van der Waals surface area contributed by atoms with Crippen LogP contribution in [0.1, 0.15) is 206 Å². The van der Waals surface area contributed by atoms with Gasteiger partial charge in [0.2, 0.25) is 29.5 Å². The van der Waals surface area contributed by atoms with Gasteiger partial charge in [-0.25, -0.2) is 0 Å². The third-order valence-electron chi connectivity index (χ3n) is 15.1. The van der Waals surface area contributed by atoms with Crippen LogP contribution in [-0.4, -0.2) is 211 Å². The minimum atomic E-state index is -0.185. The van der Waals surface area contributed by atoms with Crippen molar-refractivity contribution in [3.63, 3.8) is 0 Å². The molecule has 0 atom stereocenters. The summed E-state index contributed by atoms with van der Waals surface area (Å²) in [5.41, 5.74) is 0.829. The Morgan fingerprint density at radius 2 is 0.692 bits per heavy atom. The van der Waals surface area contributed by atoms with Crippen molar-refractivity contribution in [2.75, 3.05) is 178 Å². The van der Waals surface area contributed by atoms with Gasteiger partial charge in [0.15, 0.2) is 0 Å². The summed E-state index contributed by atoms with van der Waals surface area (Å²) < 4.78 is 73.7. The molecule has 0 aliphatic carbocycles. The first-order chi connectivity index (χ1) is 45.0. The molecular weight excluding hydrogens is 1170 g/mol. The molecule has 0 aliphatic heterocycles. The number of hydrogen-bond donors (Lipinski definition) is 2. The smallest absolute Gasteiger partial charge is 0.248 e. The summed E-state index contributed by atoms with van der Waals surface area (Å²) in [7, 11) is 0. The van der Waals surface area contributed by atoms with Gasteiger partial charge >= 0.3 is 0 Å². The Bertz CT molecular complexity index is 1810. The molecule has 1 aromatic carbocycles. The molecule has 3 amide bonds. The topological polar surface area (TPSA) is 228 Å². The van der Waals surface area contributed by atoms with Crippen LogP contribution in [0, 0.1) is 0 Å². The zero-order valence-corrected chi connectivity index (χ0v) is 57.3. The SMILES string of the molecule is CCCCCCCCCCCCCCCC(=O)NCCOCCOCCOCCOCCN(CCOCCOCCOCCOCCNC(=O)CCCCCCCCCCCCCCC)C(=O)COCCOCCOCCOc1ccc(-c2nnc(CC)o2)cc1. The van der Waals surface area contributed by atoms with Gasteiger partial charge in [-0.1, -0.05) is 175 Å². The monoisotopic (exact) mass is 1290 g/mol. The summed E-state index contributed by atoms with van der Waals surface area (Å²) in [6.45, 7) is 16.7. The number of hydrogen-bond acceptors (Lipinski definition) is 18. The van der Waals surface area contributed by atoms with Crippen molar-refractivity contribution in [1.82, 2.24) is 25.7 Å². The number of nitrogens with zero attached hydrogens (tertiary/aromatic N) is 3. The summed E-state index contributed by atoms with van der Waals surface area (Å²) in [5.74, 6) is 1.79. The molecule has 0 radical (unpaired) electrons. The van der Waals surface area contributed by atoms with Crippen LogP contribution in [-0.2, 0) is 72.9 Å². The Labute approximate surface area is 549 Å². The van der Waals surface area contributed by atoms with Crippen molar-refractivity contribution in [2.24, 2.45) is 0 Å². The van der Waals surface area contributed by atoms with Crippen molar-refractivity contribution >= 4 is 17.7 Å². The van der Waals surface area contributed by atoms with Crippen molar-refractivity contribution in [2.45, 2.75) is 207 Å². The normalized spacial score (nSPS) is 11.5. The van der Waals surface area contributed by atoms with Crippen molar-refractivity contribution < 1.29 is 75.6 Å². The quantitative estimate of drug-likeness (QED) is 0.0587. The molecule has 1 heterocycles. The Kier molecular flexibility index (Phi) is 60.5. The van der Waals surface area contributed by atoms with E-state index in [-0.39, 0.29) is 30.9 Å². The van der Waals surface area contributed by atoms with E-state index in [1.165, 1.54) is 141 Å². The third kappa shape index (κ3) is 55.2. The van der Waals surface area contributed by atoms with Gasteiger partial charge in [-0.05, 0) is 37.1 Å². The number of aromatic nitrogens is 2. The second-order valence-corrected chi connectivity index (χ2v) is 23.0. The zero-order chi connectivity index (χ0) is 65.1. The second-order valence-electron chi connectivity index (χ2n) is 23.0. The van der Waals surface area contributed by atoms with Gasteiger partial charge < -0.3 is 76.8 Å². The van der Waals surface area contributed by atoms with E-state index in [1.54, 1.807) is 4.90 Å². The number of rotatable bonds is 72. The molecule has 528 valence electrons. The van der Waals surface area contributed by atoms with Gasteiger partial charge in [0.05, 0.1) is 139 Å². The molecule has 0 aliphatic rings. The Balaban J connectivity index is 1.49.